The van der Waals surface area contributed by atoms with Gasteiger partial charge >= 0.3 is 0 Å². The van der Waals surface area contributed by atoms with Crippen LogP contribution in [0.3, 0.4) is 0 Å². The van der Waals surface area contributed by atoms with Gasteiger partial charge in [0.05, 0.1) is 0 Å². The first-order valence-corrected chi connectivity index (χ1v) is 4.45. The lowest BCUT2D eigenvalue weighted by Gasteiger charge is -2.05. The third-order valence-corrected chi connectivity index (χ3v) is 2.23. The van der Waals surface area contributed by atoms with E-state index < -0.39 is 0 Å². The van der Waals surface area contributed by atoms with Crippen molar-refractivity contribution in [2.24, 2.45) is 5.73 Å². The number of hydrogen-bond donors (Lipinski definition) is 1. The van der Waals surface area contributed by atoms with Crippen LogP contribution in [0.5, 0.6) is 0 Å². The van der Waals surface area contributed by atoms with Crippen molar-refractivity contribution in [1.29, 1.82) is 0 Å². The van der Waals surface area contributed by atoms with Crippen LogP contribution in [0.15, 0.2) is 36.9 Å². The lowest BCUT2D eigenvalue weighted by atomic mass is 10.1. The summed E-state index contributed by atoms with van der Waals surface area (Å²) in [5.74, 6) is 0. The first-order chi connectivity index (χ1) is 5.24. The molecule has 2 N–H and O–H groups in total. The number of hydrogen-bond acceptors (Lipinski definition) is 1. The number of benzene rings is 1. The second-order valence-corrected chi connectivity index (χ2v) is 3.56. The lowest BCUT2D eigenvalue weighted by molar-refractivity contribution is 0.914. The summed E-state index contributed by atoms with van der Waals surface area (Å²) in [4.78, 5) is 0. The zero-order valence-corrected chi connectivity index (χ0v) is 8.28. The van der Waals surface area contributed by atoms with Crippen molar-refractivity contribution in [2.45, 2.75) is 6.04 Å². The molecule has 0 saturated carbocycles. The minimum absolute atomic E-state index is 0.0352. The Labute approximate surface area is 80.4 Å². The predicted octanol–water partition coefficient (Wildman–Crippen LogP) is 2.48. The Balaban J connectivity index is 2.89. The summed E-state index contributed by atoms with van der Waals surface area (Å²) in [6, 6.07) is 8.09. The Morgan fingerprint density at radius 2 is 1.91 bits per heavy atom. The van der Waals surface area contributed by atoms with Crippen LogP contribution in [0, 0.1) is 3.57 Å². The summed E-state index contributed by atoms with van der Waals surface area (Å²) in [5, 5.41) is 0. The molecule has 0 fully saturated rings. The van der Waals surface area contributed by atoms with E-state index >= 15 is 0 Å². The molecule has 2 heteroatoms. The van der Waals surface area contributed by atoms with Gasteiger partial charge in [-0.05, 0) is 40.3 Å². The Morgan fingerprint density at radius 3 is 2.36 bits per heavy atom. The van der Waals surface area contributed by atoms with E-state index in [0.717, 1.165) is 5.56 Å². The van der Waals surface area contributed by atoms with Gasteiger partial charge in [-0.1, -0.05) is 18.2 Å². The Kier molecular flexibility index (Phi) is 3.08. The highest BCUT2D eigenvalue weighted by molar-refractivity contribution is 14.1. The standard InChI is InChI=1S/C9H10IN/c1-2-9(11)7-3-5-8(10)6-4-7/h2-6,9H,1,11H2. The molecule has 0 bridgehead atoms. The molecule has 0 amide bonds. The highest BCUT2D eigenvalue weighted by Gasteiger charge is 1.98. The van der Waals surface area contributed by atoms with Crippen molar-refractivity contribution >= 4 is 22.6 Å². The van der Waals surface area contributed by atoms with Gasteiger partial charge in [0.1, 0.15) is 0 Å². The second kappa shape index (κ2) is 3.88. The van der Waals surface area contributed by atoms with Crippen molar-refractivity contribution < 1.29 is 0 Å². The molecular formula is C9H10IN. The molecule has 0 saturated heterocycles. The number of rotatable bonds is 2. The molecule has 58 valence electrons. The van der Waals surface area contributed by atoms with Crippen molar-refractivity contribution in [3.05, 3.63) is 46.1 Å². The van der Waals surface area contributed by atoms with Gasteiger partial charge in [0, 0.05) is 9.61 Å². The van der Waals surface area contributed by atoms with Crippen LogP contribution in [-0.2, 0) is 0 Å². The van der Waals surface area contributed by atoms with Crippen molar-refractivity contribution in [2.75, 3.05) is 0 Å². The third-order valence-electron chi connectivity index (χ3n) is 1.51. The van der Waals surface area contributed by atoms with Gasteiger partial charge < -0.3 is 5.73 Å². The Bertz CT molecular complexity index is 240. The monoisotopic (exact) mass is 259 g/mol. The van der Waals surface area contributed by atoms with Crippen LogP contribution in [0.4, 0.5) is 0 Å². The largest absolute Gasteiger partial charge is 0.321 e. The Morgan fingerprint density at radius 1 is 1.36 bits per heavy atom. The van der Waals surface area contributed by atoms with Gasteiger partial charge in [-0.25, -0.2) is 0 Å². The molecule has 0 radical (unpaired) electrons. The van der Waals surface area contributed by atoms with Gasteiger partial charge in [-0.3, -0.25) is 0 Å². The van der Waals surface area contributed by atoms with Crippen molar-refractivity contribution in [3.63, 3.8) is 0 Å². The highest BCUT2D eigenvalue weighted by atomic mass is 127. The maximum Gasteiger partial charge on any atom is 0.0478 e. The zero-order valence-electron chi connectivity index (χ0n) is 6.13. The fourth-order valence-electron chi connectivity index (χ4n) is 0.821. The first kappa shape index (κ1) is 8.74. The molecule has 1 unspecified atom stereocenters. The fraction of sp³-hybridized carbons (Fsp3) is 0.111. The van der Waals surface area contributed by atoms with E-state index in [1.807, 2.05) is 24.3 Å². The number of halogens is 1. The van der Waals surface area contributed by atoms with Crippen LogP contribution in [0.2, 0.25) is 0 Å². The number of nitrogens with two attached hydrogens (primary N) is 1. The van der Waals surface area contributed by atoms with Gasteiger partial charge in [0.2, 0.25) is 0 Å². The molecule has 0 aromatic heterocycles. The summed E-state index contributed by atoms with van der Waals surface area (Å²) in [6.45, 7) is 3.63. The molecule has 0 spiro atoms. The van der Waals surface area contributed by atoms with Crippen molar-refractivity contribution in [1.82, 2.24) is 0 Å². The summed E-state index contributed by atoms with van der Waals surface area (Å²) >= 11 is 2.27. The maximum atomic E-state index is 5.72. The van der Waals surface area contributed by atoms with Crippen molar-refractivity contribution in [3.8, 4) is 0 Å². The van der Waals surface area contributed by atoms with Gasteiger partial charge in [0.15, 0.2) is 0 Å². The van der Waals surface area contributed by atoms with Crippen LogP contribution in [-0.4, -0.2) is 0 Å². The molecule has 0 aliphatic rings. The van der Waals surface area contributed by atoms with E-state index in [4.69, 9.17) is 5.73 Å². The zero-order chi connectivity index (χ0) is 8.27. The first-order valence-electron chi connectivity index (χ1n) is 3.37. The van der Waals surface area contributed by atoms with E-state index in [2.05, 4.69) is 29.2 Å². The predicted molar refractivity (Wildman–Crippen MR) is 56.3 cm³/mol. The maximum absolute atomic E-state index is 5.72. The summed E-state index contributed by atoms with van der Waals surface area (Å²) in [6.07, 6.45) is 1.74. The summed E-state index contributed by atoms with van der Waals surface area (Å²) in [5.41, 5.74) is 6.84. The van der Waals surface area contributed by atoms with Gasteiger partial charge in [-0.15, -0.1) is 6.58 Å². The van der Waals surface area contributed by atoms with Crippen LogP contribution >= 0.6 is 22.6 Å². The molecular weight excluding hydrogens is 249 g/mol. The third kappa shape index (κ3) is 2.31. The topological polar surface area (TPSA) is 26.0 Å². The molecule has 1 aromatic rings. The molecule has 0 aliphatic heterocycles. The minimum Gasteiger partial charge on any atom is -0.321 e. The van der Waals surface area contributed by atoms with Gasteiger partial charge in [-0.2, -0.15) is 0 Å². The smallest absolute Gasteiger partial charge is 0.0478 e. The molecule has 1 rings (SSSR count). The van der Waals surface area contributed by atoms with Gasteiger partial charge in [0.25, 0.3) is 0 Å². The van der Waals surface area contributed by atoms with E-state index in [9.17, 15) is 0 Å². The molecule has 0 heterocycles. The normalized spacial score (nSPS) is 12.5. The minimum atomic E-state index is -0.0352. The van der Waals surface area contributed by atoms with Crippen LogP contribution in [0.1, 0.15) is 11.6 Å². The average molecular weight is 259 g/mol. The summed E-state index contributed by atoms with van der Waals surface area (Å²) < 4.78 is 1.22. The van der Waals surface area contributed by atoms with E-state index in [1.165, 1.54) is 3.57 Å². The lowest BCUT2D eigenvalue weighted by Crippen LogP contribution is -2.05. The fourth-order valence-corrected chi connectivity index (χ4v) is 1.18. The quantitative estimate of drug-likeness (QED) is 0.640. The van der Waals surface area contributed by atoms with E-state index in [1.54, 1.807) is 6.08 Å². The highest BCUT2D eigenvalue weighted by Crippen LogP contribution is 2.12. The molecule has 1 aromatic carbocycles. The van der Waals surface area contributed by atoms with Crippen LogP contribution < -0.4 is 5.73 Å². The molecule has 1 nitrogen and oxygen atoms in total. The average Bonchev–Trinajstić information content (AvgIpc) is 2.05. The molecule has 11 heavy (non-hydrogen) atoms. The SMILES string of the molecule is C=CC(N)c1ccc(I)cc1. The van der Waals surface area contributed by atoms with Crippen LogP contribution in [0.25, 0.3) is 0 Å². The Hall–Kier alpha value is -0.350. The molecule has 1 atom stereocenters. The summed E-state index contributed by atoms with van der Waals surface area (Å²) in [7, 11) is 0. The van der Waals surface area contributed by atoms with E-state index in [-0.39, 0.29) is 6.04 Å². The molecule has 0 aliphatic carbocycles. The van der Waals surface area contributed by atoms with E-state index in [0.29, 0.717) is 0 Å². The second-order valence-electron chi connectivity index (χ2n) is 2.31.